The zero-order valence-corrected chi connectivity index (χ0v) is 24.8. The Morgan fingerprint density at radius 2 is 1.85 bits per heavy atom. The zero-order chi connectivity index (χ0) is 29.3. The molecule has 1 N–H and O–H groups in total. The molecule has 0 radical (unpaired) electrons. The van der Waals surface area contributed by atoms with Crippen LogP contribution < -0.4 is 10.2 Å². The number of fused-ring (bicyclic) bond motifs is 1. The number of pyridine rings is 1. The molecule has 212 valence electrons. The summed E-state index contributed by atoms with van der Waals surface area (Å²) in [6, 6.07) is 18.2. The summed E-state index contributed by atoms with van der Waals surface area (Å²) in [4.78, 5) is 32.9. The minimum absolute atomic E-state index is 0.0810. The number of carbonyl (C=O) groups excluding carboxylic acids is 2. The van der Waals surface area contributed by atoms with Crippen LogP contribution in [0.15, 0.2) is 66.9 Å². The van der Waals surface area contributed by atoms with Crippen molar-refractivity contribution in [2.75, 3.05) is 17.2 Å². The summed E-state index contributed by atoms with van der Waals surface area (Å²) in [5.41, 5.74) is 5.14. The molecule has 2 aromatic carbocycles. The van der Waals surface area contributed by atoms with Gasteiger partial charge in [-0.25, -0.2) is 9.07 Å². The highest BCUT2D eigenvalue weighted by Crippen LogP contribution is 2.49. The van der Waals surface area contributed by atoms with Crippen LogP contribution in [-0.2, 0) is 21.5 Å². The molecule has 1 aliphatic heterocycles. The lowest BCUT2D eigenvalue weighted by molar-refractivity contribution is -0.123. The van der Waals surface area contributed by atoms with E-state index < -0.39 is 10.7 Å². The van der Waals surface area contributed by atoms with Gasteiger partial charge in [-0.05, 0) is 43.7 Å². The van der Waals surface area contributed by atoms with Crippen molar-refractivity contribution in [3.8, 4) is 5.69 Å². The lowest BCUT2D eigenvalue weighted by Gasteiger charge is -2.25. The van der Waals surface area contributed by atoms with E-state index in [9.17, 15) is 9.59 Å². The number of amides is 2. The number of aryl methyl sites for hydroxylation is 2. The zero-order valence-electron chi connectivity index (χ0n) is 23.9. The molecule has 2 aromatic heterocycles. The number of anilines is 1. The molecule has 4 aromatic rings. The maximum Gasteiger partial charge on any atom is 0.240 e. The number of rotatable bonds is 6. The monoisotopic (exact) mass is 571 g/mol. The van der Waals surface area contributed by atoms with E-state index in [0.29, 0.717) is 17.1 Å². The number of halogens is 1. The van der Waals surface area contributed by atoms with E-state index in [2.05, 4.69) is 37.1 Å². The SMILES string of the molecule is Cc1ccc(-n2nc(C(C)(C)C)c3c2N(CC(=O)NCc2ccccn2)C(=O)CSC3c2ccccc2F)c(C)c1. The average Bonchev–Trinajstić information content (AvgIpc) is 3.26. The molecule has 0 bridgehead atoms. The predicted octanol–water partition coefficient (Wildman–Crippen LogP) is 5.81. The number of hydrogen-bond acceptors (Lipinski definition) is 5. The van der Waals surface area contributed by atoms with Gasteiger partial charge in [0, 0.05) is 22.7 Å². The first kappa shape index (κ1) is 28.5. The van der Waals surface area contributed by atoms with E-state index in [0.717, 1.165) is 28.1 Å². The third-order valence-electron chi connectivity index (χ3n) is 7.06. The lowest BCUT2D eigenvalue weighted by Crippen LogP contribution is -2.42. The van der Waals surface area contributed by atoms with Crippen LogP contribution >= 0.6 is 11.8 Å². The molecule has 41 heavy (non-hydrogen) atoms. The van der Waals surface area contributed by atoms with Crippen LogP contribution in [0.4, 0.5) is 10.2 Å². The molecule has 7 nitrogen and oxygen atoms in total. The summed E-state index contributed by atoms with van der Waals surface area (Å²) >= 11 is 1.36. The molecule has 1 unspecified atom stereocenters. The van der Waals surface area contributed by atoms with Crippen LogP contribution in [0.25, 0.3) is 5.69 Å². The smallest absolute Gasteiger partial charge is 0.240 e. The third kappa shape index (κ3) is 5.91. The van der Waals surface area contributed by atoms with Crippen molar-refractivity contribution in [2.45, 2.75) is 51.8 Å². The topological polar surface area (TPSA) is 80.1 Å². The Morgan fingerprint density at radius 1 is 1.10 bits per heavy atom. The van der Waals surface area contributed by atoms with Crippen molar-refractivity contribution in [3.63, 3.8) is 0 Å². The fraction of sp³-hybridized carbons (Fsp3) is 0.312. The van der Waals surface area contributed by atoms with E-state index in [4.69, 9.17) is 5.10 Å². The highest BCUT2D eigenvalue weighted by Gasteiger charge is 2.40. The van der Waals surface area contributed by atoms with Crippen molar-refractivity contribution in [2.24, 2.45) is 0 Å². The molecule has 0 aliphatic carbocycles. The van der Waals surface area contributed by atoms with Crippen molar-refractivity contribution >= 4 is 29.4 Å². The summed E-state index contributed by atoms with van der Waals surface area (Å²) in [6.07, 6.45) is 1.67. The lowest BCUT2D eigenvalue weighted by atomic mass is 9.87. The van der Waals surface area contributed by atoms with Crippen molar-refractivity contribution in [1.29, 1.82) is 0 Å². The normalized spacial score (nSPS) is 15.4. The Bertz CT molecular complexity index is 1600. The summed E-state index contributed by atoms with van der Waals surface area (Å²) in [5, 5.41) is 7.50. The minimum Gasteiger partial charge on any atom is -0.349 e. The van der Waals surface area contributed by atoms with Crippen molar-refractivity contribution in [3.05, 3.63) is 106 Å². The van der Waals surface area contributed by atoms with Gasteiger partial charge in [-0.15, -0.1) is 11.8 Å². The van der Waals surface area contributed by atoms with Crippen molar-refractivity contribution < 1.29 is 14.0 Å². The Balaban J connectivity index is 1.69. The molecule has 1 atom stereocenters. The largest absolute Gasteiger partial charge is 0.349 e. The Morgan fingerprint density at radius 3 is 2.54 bits per heavy atom. The number of aromatic nitrogens is 3. The molecule has 9 heteroatoms. The third-order valence-corrected chi connectivity index (χ3v) is 8.30. The maximum atomic E-state index is 15.3. The summed E-state index contributed by atoms with van der Waals surface area (Å²) in [6.45, 7) is 10.2. The second-order valence-electron chi connectivity index (χ2n) is 11.3. The summed E-state index contributed by atoms with van der Waals surface area (Å²) < 4.78 is 17.1. The number of hydrogen-bond donors (Lipinski definition) is 1. The standard InChI is InChI=1S/C32H34FN5O2S/c1-20-13-14-25(21(2)16-20)38-31-28(30(36-38)32(3,4)5)29(23-11-6-7-12-24(23)33)41-19-27(40)37(31)18-26(39)35-17-22-10-8-9-15-34-22/h6-16,29H,17-19H2,1-5H3,(H,35,39). The van der Waals surface area contributed by atoms with E-state index in [1.54, 1.807) is 29.1 Å². The Labute approximate surface area is 244 Å². The van der Waals surface area contributed by atoms with Gasteiger partial charge in [-0.3, -0.25) is 19.5 Å². The molecular weight excluding hydrogens is 537 g/mol. The molecule has 0 saturated carbocycles. The molecule has 5 rings (SSSR count). The van der Waals surface area contributed by atoms with Crippen LogP contribution in [0.5, 0.6) is 0 Å². The van der Waals surface area contributed by atoms with Gasteiger partial charge in [0.25, 0.3) is 0 Å². The Kier molecular flexibility index (Phi) is 8.00. The first-order valence-electron chi connectivity index (χ1n) is 13.6. The first-order valence-corrected chi connectivity index (χ1v) is 14.6. The highest BCUT2D eigenvalue weighted by atomic mass is 32.2. The van der Waals surface area contributed by atoms with Gasteiger partial charge >= 0.3 is 0 Å². The number of nitrogens with one attached hydrogen (secondary N) is 1. The summed E-state index contributed by atoms with van der Waals surface area (Å²) in [7, 11) is 0. The van der Waals surface area contributed by atoms with E-state index >= 15 is 4.39 Å². The Hall–Kier alpha value is -3.98. The quantitative estimate of drug-likeness (QED) is 0.316. The van der Waals surface area contributed by atoms with Gasteiger partial charge in [0.15, 0.2) is 0 Å². The van der Waals surface area contributed by atoms with Gasteiger partial charge in [-0.2, -0.15) is 5.10 Å². The number of benzene rings is 2. The molecule has 3 heterocycles. The number of thioether (sulfide) groups is 1. The highest BCUT2D eigenvalue weighted by molar-refractivity contribution is 8.00. The number of nitrogens with zero attached hydrogens (tertiary/aromatic N) is 4. The van der Waals surface area contributed by atoms with Crippen LogP contribution in [0.1, 0.15) is 59.7 Å². The molecule has 0 fully saturated rings. The van der Waals surface area contributed by atoms with Crippen LogP contribution in [0.2, 0.25) is 0 Å². The molecule has 0 spiro atoms. The molecular formula is C32H34FN5O2S. The minimum atomic E-state index is -0.495. The summed E-state index contributed by atoms with van der Waals surface area (Å²) in [5.74, 6) is -0.330. The molecule has 2 amide bonds. The number of carbonyl (C=O) groups is 2. The molecule has 0 saturated heterocycles. The predicted molar refractivity (Wildman–Crippen MR) is 161 cm³/mol. The molecule has 1 aliphatic rings. The van der Waals surface area contributed by atoms with Gasteiger partial charge in [0.1, 0.15) is 18.2 Å². The fourth-order valence-electron chi connectivity index (χ4n) is 5.11. The van der Waals surface area contributed by atoms with Crippen LogP contribution in [0.3, 0.4) is 0 Å². The second-order valence-corrected chi connectivity index (χ2v) is 12.4. The van der Waals surface area contributed by atoms with E-state index in [-0.39, 0.29) is 36.5 Å². The fourth-order valence-corrected chi connectivity index (χ4v) is 6.33. The maximum absolute atomic E-state index is 15.3. The van der Waals surface area contributed by atoms with Crippen molar-refractivity contribution in [1.82, 2.24) is 20.1 Å². The second kappa shape index (κ2) is 11.5. The first-order chi connectivity index (χ1) is 19.5. The van der Waals surface area contributed by atoms with Gasteiger partial charge in [-0.1, -0.05) is 62.7 Å². The van der Waals surface area contributed by atoms with Gasteiger partial charge in [0.2, 0.25) is 11.8 Å². The average molecular weight is 572 g/mol. The van der Waals surface area contributed by atoms with E-state index in [1.807, 2.05) is 44.2 Å². The van der Waals surface area contributed by atoms with Crippen LogP contribution in [0, 0.1) is 19.7 Å². The van der Waals surface area contributed by atoms with Gasteiger partial charge in [0.05, 0.1) is 34.6 Å². The van der Waals surface area contributed by atoms with Crippen LogP contribution in [-0.4, -0.2) is 38.9 Å². The van der Waals surface area contributed by atoms with E-state index in [1.165, 1.54) is 22.7 Å². The van der Waals surface area contributed by atoms with Gasteiger partial charge < -0.3 is 5.32 Å².